The van der Waals surface area contributed by atoms with E-state index in [1.165, 1.54) is 36.4 Å². The van der Waals surface area contributed by atoms with Gasteiger partial charge in [0.2, 0.25) is 11.8 Å². The van der Waals surface area contributed by atoms with Crippen molar-refractivity contribution in [1.82, 2.24) is 9.80 Å². The zero-order valence-electron chi connectivity index (χ0n) is 15.3. The van der Waals surface area contributed by atoms with Crippen LogP contribution < -0.4 is 5.32 Å². The monoisotopic (exact) mass is 385 g/mol. The maximum absolute atomic E-state index is 13.6. The van der Waals surface area contributed by atoms with Gasteiger partial charge in [-0.05, 0) is 30.3 Å². The summed E-state index contributed by atoms with van der Waals surface area (Å²) in [6, 6.07) is 12.0. The molecule has 7 heteroatoms. The normalized spacial score (nSPS) is 15.0. The average Bonchev–Trinajstić information content (AvgIpc) is 2.67. The molecule has 0 unspecified atom stereocenters. The Hall–Kier alpha value is -3.06. The molecule has 0 atom stereocenters. The van der Waals surface area contributed by atoms with E-state index in [2.05, 4.69) is 5.32 Å². The molecule has 0 radical (unpaired) electrons. The average molecular weight is 385 g/mol. The van der Waals surface area contributed by atoms with Crippen LogP contribution in [0.3, 0.4) is 0 Å². The van der Waals surface area contributed by atoms with Gasteiger partial charge < -0.3 is 10.2 Å². The van der Waals surface area contributed by atoms with Gasteiger partial charge in [-0.15, -0.1) is 0 Å². The third-order valence-corrected chi connectivity index (χ3v) is 4.47. The van der Waals surface area contributed by atoms with Crippen molar-refractivity contribution < 1.29 is 18.4 Å². The minimum Gasteiger partial charge on any atom is -0.337 e. The molecule has 1 heterocycles. The van der Waals surface area contributed by atoms with Crippen LogP contribution in [0.25, 0.3) is 6.08 Å². The molecule has 2 aromatic carbocycles. The molecule has 1 aliphatic heterocycles. The van der Waals surface area contributed by atoms with E-state index in [0.29, 0.717) is 37.4 Å². The van der Waals surface area contributed by atoms with Gasteiger partial charge in [-0.25, -0.2) is 8.78 Å². The first-order valence-electron chi connectivity index (χ1n) is 9.00. The summed E-state index contributed by atoms with van der Waals surface area (Å²) >= 11 is 0. The lowest BCUT2D eigenvalue weighted by Gasteiger charge is -2.33. The van der Waals surface area contributed by atoms with E-state index >= 15 is 0 Å². The zero-order valence-corrected chi connectivity index (χ0v) is 15.3. The van der Waals surface area contributed by atoms with Gasteiger partial charge >= 0.3 is 0 Å². The maximum atomic E-state index is 13.6. The highest BCUT2D eigenvalue weighted by molar-refractivity contribution is 5.93. The summed E-state index contributed by atoms with van der Waals surface area (Å²) in [5.74, 6) is -1.20. The Morgan fingerprint density at radius 2 is 1.75 bits per heavy atom. The second kappa shape index (κ2) is 9.23. The molecule has 1 aliphatic rings. The summed E-state index contributed by atoms with van der Waals surface area (Å²) < 4.78 is 26.8. The largest absolute Gasteiger partial charge is 0.337 e. The summed E-state index contributed by atoms with van der Waals surface area (Å²) in [5.41, 5.74) is 0.778. The highest BCUT2D eigenvalue weighted by Crippen LogP contribution is 2.11. The first-order valence-corrected chi connectivity index (χ1v) is 9.00. The van der Waals surface area contributed by atoms with Crippen LogP contribution in [0.4, 0.5) is 14.5 Å². The summed E-state index contributed by atoms with van der Waals surface area (Å²) in [4.78, 5) is 28.0. The van der Waals surface area contributed by atoms with Crippen LogP contribution in [0.1, 0.15) is 5.56 Å². The number of piperazine rings is 1. The molecule has 2 aromatic rings. The molecule has 3 rings (SSSR count). The number of carbonyl (C=O) groups excluding carboxylic acids is 2. The first kappa shape index (κ1) is 19.7. The molecule has 2 amide bonds. The number of nitrogens with zero attached hydrogens (tertiary/aromatic N) is 2. The van der Waals surface area contributed by atoms with Crippen LogP contribution in [-0.4, -0.2) is 54.3 Å². The number of amides is 2. The molecular formula is C21H21F2N3O2. The zero-order chi connectivity index (χ0) is 19.9. The van der Waals surface area contributed by atoms with Crippen molar-refractivity contribution in [2.24, 2.45) is 0 Å². The van der Waals surface area contributed by atoms with E-state index in [0.717, 1.165) is 0 Å². The van der Waals surface area contributed by atoms with Gasteiger partial charge in [0.25, 0.3) is 0 Å². The fourth-order valence-electron chi connectivity index (χ4n) is 2.97. The number of carbonyl (C=O) groups is 2. The lowest BCUT2D eigenvalue weighted by molar-refractivity contribution is -0.127. The van der Waals surface area contributed by atoms with E-state index in [1.54, 1.807) is 29.2 Å². The number of hydrogen-bond donors (Lipinski definition) is 1. The summed E-state index contributed by atoms with van der Waals surface area (Å²) in [6.45, 7) is 2.23. The van der Waals surface area contributed by atoms with E-state index in [1.807, 2.05) is 4.90 Å². The number of hydrogen-bond acceptors (Lipinski definition) is 3. The number of anilines is 1. The quantitative estimate of drug-likeness (QED) is 0.806. The van der Waals surface area contributed by atoms with Crippen LogP contribution in [0.15, 0.2) is 54.6 Å². The molecule has 1 N–H and O–H groups in total. The number of benzene rings is 2. The molecular weight excluding hydrogens is 364 g/mol. The lowest BCUT2D eigenvalue weighted by atomic mass is 10.2. The Balaban J connectivity index is 1.45. The van der Waals surface area contributed by atoms with Crippen LogP contribution in [0.2, 0.25) is 0 Å². The minimum absolute atomic E-state index is 0.170. The fourth-order valence-corrected chi connectivity index (χ4v) is 2.97. The topological polar surface area (TPSA) is 52.7 Å². The summed E-state index contributed by atoms with van der Waals surface area (Å²) in [5, 5.41) is 2.66. The first-order chi connectivity index (χ1) is 13.5. The molecule has 146 valence electrons. The molecule has 5 nitrogen and oxygen atoms in total. The number of nitrogens with one attached hydrogen (secondary N) is 1. The molecule has 0 aromatic heterocycles. The molecule has 0 bridgehead atoms. The van der Waals surface area contributed by atoms with E-state index in [9.17, 15) is 18.4 Å². The van der Waals surface area contributed by atoms with Crippen LogP contribution >= 0.6 is 0 Å². The molecule has 28 heavy (non-hydrogen) atoms. The smallest absolute Gasteiger partial charge is 0.246 e. The predicted molar refractivity (Wildman–Crippen MR) is 103 cm³/mol. The van der Waals surface area contributed by atoms with Gasteiger partial charge in [0.05, 0.1) is 6.54 Å². The van der Waals surface area contributed by atoms with Crippen LogP contribution in [0.5, 0.6) is 0 Å². The minimum atomic E-state index is -0.409. The Bertz CT molecular complexity index is 877. The van der Waals surface area contributed by atoms with Crippen molar-refractivity contribution in [3.05, 3.63) is 71.8 Å². The van der Waals surface area contributed by atoms with Crippen molar-refractivity contribution >= 4 is 23.6 Å². The van der Waals surface area contributed by atoms with Crippen molar-refractivity contribution in [3.8, 4) is 0 Å². The summed E-state index contributed by atoms with van der Waals surface area (Å²) in [7, 11) is 0. The van der Waals surface area contributed by atoms with Gasteiger partial charge in [-0.3, -0.25) is 14.5 Å². The van der Waals surface area contributed by atoms with Crippen molar-refractivity contribution in [3.63, 3.8) is 0 Å². The molecule has 0 saturated carbocycles. The lowest BCUT2D eigenvalue weighted by Crippen LogP contribution is -2.50. The summed E-state index contributed by atoms with van der Waals surface area (Å²) in [6.07, 6.45) is 2.83. The second-order valence-corrected chi connectivity index (χ2v) is 6.51. The predicted octanol–water partition coefficient (Wildman–Crippen LogP) is 2.76. The van der Waals surface area contributed by atoms with E-state index in [-0.39, 0.29) is 24.2 Å². The second-order valence-electron chi connectivity index (χ2n) is 6.51. The van der Waals surface area contributed by atoms with E-state index in [4.69, 9.17) is 0 Å². The fraction of sp³-hybridized carbons (Fsp3) is 0.238. The van der Waals surface area contributed by atoms with Crippen molar-refractivity contribution in [2.75, 3.05) is 38.0 Å². The van der Waals surface area contributed by atoms with Gasteiger partial charge in [-0.1, -0.05) is 24.3 Å². The van der Waals surface area contributed by atoms with Gasteiger partial charge in [-0.2, -0.15) is 0 Å². The van der Waals surface area contributed by atoms with Gasteiger partial charge in [0.1, 0.15) is 11.6 Å². The number of halogens is 2. The standard InChI is InChI=1S/C21H21F2N3O2/c22-17-5-3-6-18(14-17)24-20(27)15-25-10-12-26(13-11-25)21(28)9-8-16-4-1-2-7-19(16)23/h1-9,14H,10-13,15H2,(H,24,27)/b9-8+. The Morgan fingerprint density at radius 3 is 2.46 bits per heavy atom. The van der Waals surface area contributed by atoms with Gasteiger partial charge in [0.15, 0.2) is 0 Å². The third kappa shape index (κ3) is 5.47. The Morgan fingerprint density at radius 1 is 1.00 bits per heavy atom. The van der Waals surface area contributed by atoms with Gasteiger partial charge in [0, 0.05) is 43.5 Å². The number of rotatable bonds is 5. The highest BCUT2D eigenvalue weighted by atomic mass is 19.1. The maximum Gasteiger partial charge on any atom is 0.246 e. The van der Waals surface area contributed by atoms with E-state index < -0.39 is 5.82 Å². The molecule has 0 aliphatic carbocycles. The third-order valence-electron chi connectivity index (χ3n) is 4.47. The van der Waals surface area contributed by atoms with Crippen LogP contribution in [0, 0.1) is 11.6 Å². The molecule has 1 fully saturated rings. The van der Waals surface area contributed by atoms with Crippen molar-refractivity contribution in [2.45, 2.75) is 0 Å². The Labute approximate surface area is 162 Å². The molecule has 0 spiro atoms. The molecule has 1 saturated heterocycles. The van der Waals surface area contributed by atoms with Crippen molar-refractivity contribution in [1.29, 1.82) is 0 Å². The highest BCUT2D eigenvalue weighted by Gasteiger charge is 2.21. The SMILES string of the molecule is O=C(CN1CCN(C(=O)/C=C/c2ccccc2F)CC1)Nc1cccc(F)c1. The Kier molecular flexibility index (Phi) is 6.49. The van der Waals surface area contributed by atoms with Crippen LogP contribution in [-0.2, 0) is 9.59 Å².